The standard InChI is InChI=1S/C10H8BrN5S/c11-8-1-6(4-17-8)2-12-9-7-3-15-16-10(7)14-5-13-9/h1,3-5H,2H2,(H2,12,13,14,15,16). The number of H-pyrrole nitrogens is 1. The molecule has 0 bridgehead atoms. The summed E-state index contributed by atoms with van der Waals surface area (Å²) in [6.45, 7) is 0.736. The van der Waals surface area contributed by atoms with Crippen LogP contribution in [0, 0.1) is 0 Å². The lowest BCUT2D eigenvalue weighted by Gasteiger charge is -2.03. The maximum atomic E-state index is 4.21. The summed E-state index contributed by atoms with van der Waals surface area (Å²) in [5, 5.41) is 13.0. The van der Waals surface area contributed by atoms with Crippen molar-refractivity contribution in [1.82, 2.24) is 20.2 Å². The summed E-state index contributed by atoms with van der Waals surface area (Å²) in [6.07, 6.45) is 3.24. The molecule has 3 rings (SSSR count). The third-order valence-corrected chi connectivity index (χ3v) is 3.88. The van der Waals surface area contributed by atoms with Gasteiger partial charge in [0.15, 0.2) is 5.65 Å². The molecule has 86 valence electrons. The van der Waals surface area contributed by atoms with Crippen LogP contribution in [0.25, 0.3) is 11.0 Å². The molecular formula is C10H8BrN5S. The number of nitrogens with one attached hydrogen (secondary N) is 2. The van der Waals surface area contributed by atoms with E-state index in [9.17, 15) is 0 Å². The van der Waals surface area contributed by atoms with Crippen molar-refractivity contribution in [3.8, 4) is 0 Å². The Morgan fingerprint density at radius 3 is 3.18 bits per heavy atom. The van der Waals surface area contributed by atoms with Gasteiger partial charge in [-0.05, 0) is 32.9 Å². The number of aromatic amines is 1. The van der Waals surface area contributed by atoms with Crippen LogP contribution in [0.1, 0.15) is 5.56 Å². The third kappa shape index (κ3) is 2.16. The minimum absolute atomic E-state index is 0.736. The molecule has 7 heteroatoms. The Bertz CT molecular complexity index is 647. The fourth-order valence-electron chi connectivity index (χ4n) is 1.53. The summed E-state index contributed by atoms with van der Waals surface area (Å²) in [7, 11) is 0. The Balaban J connectivity index is 1.83. The van der Waals surface area contributed by atoms with Crippen LogP contribution in [0.3, 0.4) is 0 Å². The average Bonchev–Trinajstić information content (AvgIpc) is 2.94. The lowest BCUT2D eigenvalue weighted by atomic mass is 10.3. The summed E-state index contributed by atoms with van der Waals surface area (Å²) < 4.78 is 1.13. The van der Waals surface area contributed by atoms with E-state index in [0.29, 0.717) is 0 Å². The number of thiophene rings is 1. The van der Waals surface area contributed by atoms with Gasteiger partial charge in [0, 0.05) is 6.54 Å². The van der Waals surface area contributed by atoms with Crippen LogP contribution >= 0.6 is 27.3 Å². The van der Waals surface area contributed by atoms with Crippen molar-refractivity contribution in [2.45, 2.75) is 6.54 Å². The monoisotopic (exact) mass is 309 g/mol. The van der Waals surface area contributed by atoms with Crippen molar-refractivity contribution in [3.63, 3.8) is 0 Å². The van der Waals surface area contributed by atoms with Gasteiger partial charge >= 0.3 is 0 Å². The van der Waals surface area contributed by atoms with E-state index in [1.807, 2.05) is 0 Å². The SMILES string of the molecule is Brc1cc(CNc2ncnc3[nH]ncc23)cs1. The van der Waals surface area contributed by atoms with Crippen molar-refractivity contribution < 1.29 is 0 Å². The molecule has 0 aliphatic heterocycles. The van der Waals surface area contributed by atoms with Crippen molar-refractivity contribution >= 4 is 44.1 Å². The van der Waals surface area contributed by atoms with Crippen molar-refractivity contribution in [2.24, 2.45) is 0 Å². The summed E-state index contributed by atoms with van der Waals surface area (Å²) in [4.78, 5) is 8.30. The maximum absolute atomic E-state index is 4.21. The molecule has 0 unspecified atom stereocenters. The van der Waals surface area contributed by atoms with E-state index < -0.39 is 0 Å². The predicted molar refractivity (Wildman–Crippen MR) is 71.0 cm³/mol. The molecule has 17 heavy (non-hydrogen) atoms. The molecule has 0 aliphatic carbocycles. The molecule has 0 radical (unpaired) electrons. The van der Waals surface area contributed by atoms with Crippen LogP contribution in [0.2, 0.25) is 0 Å². The van der Waals surface area contributed by atoms with Crippen molar-refractivity contribution in [1.29, 1.82) is 0 Å². The van der Waals surface area contributed by atoms with Crippen molar-refractivity contribution in [2.75, 3.05) is 5.32 Å². The first-order valence-electron chi connectivity index (χ1n) is 4.94. The Morgan fingerprint density at radius 1 is 1.41 bits per heavy atom. The molecule has 0 saturated heterocycles. The molecule has 3 aromatic heterocycles. The first kappa shape index (κ1) is 10.7. The lowest BCUT2D eigenvalue weighted by molar-refractivity contribution is 1.08. The van der Waals surface area contributed by atoms with Crippen LogP contribution in [-0.2, 0) is 6.54 Å². The first-order valence-corrected chi connectivity index (χ1v) is 6.61. The molecule has 0 saturated carbocycles. The zero-order valence-electron chi connectivity index (χ0n) is 8.64. The van der Waals surface area contributed by atoms with Gasteiger partial charge in [0.25, 0.3) is 0 Å². The average molecular weight is 310 g/mol. The van der Waals surface area contributed by atoms with E-state index in [1.54, 1.807) is 17.5 Å². The summed E-state index contributed by atoms with van der Waals surface area (Å²) in [5.41, 5.74) is 1.96. The molecule has 0 aromatic carbocycles. The molecule has 0 atom stereocenters. The number of hydrogen-bond acceptors (Lipinski definition) is 5. The zero-order chi connectivity index (χ0) is 11.7. The quantitative estimate of drug-likeness (QED) is 0.780. The molecule has 0 fully saturated rings. The van der Waals surface area contributed by atoms with Gasteiger partial charge in [-0.2, -0.15) is 5.10 Å². The largest absolute Gasteiger partial charge is 0.365 e. The van der Waals surface area contributed by atoms with Crippen LogP contribution in [0.4, 0.5) is 5.82 Å². The molecule has 3 aromatic rings. The van der Waals surface area contributed by atoms with Gasteiger partial charge in [-0.1, -0.05) is 0 Å². The van der Waals surface area contributed by atoms with Crippen LogP contribution in [0.5, 0.6) is 0 Å². The topological polar surface area (TPSA) is 66.5 Å². The maximum Gasteiger partial charge on any atom is 0.160 e. The van der Waals surface area contributed by atoms with Gasteiger partial charge in [0.05, 0.1) is 15.4 Å². The van der Waals surface area contributed by atoms with Crippen LogP contribution in [0.15, 0.2) is 27.8 Å². The third-order valence-electron chi connectivity index (χ3n) is 2.33. The number of halogens is 1. The first-order chi connectivity index (χ1) is 8.33. The van der Waals surface area contributed by atoms with Gasteiger partial charge in [0.2, 0.25) is 0 Å². The number of aromatic nitrogens is 4. The molecule has 0 amide bonds. The summed E-state index contributed by atoms with van der Waals surface area (Å²) in [6, 6.07) is 2.09. The fraction of sp³-hybridized carbons (Fsp3) is 0.100. The highest BCUT2D eigenvalue weighted by molar-refractivity contribution is 9.11. The molecule has 5 nitrogen and oxygen atoms in total. The zero-order valence-corrected chi connectivity index (χ0v) is 11.0. The second-order valence-electron chi connectivity index (χ2n) is 3.47. The minimum Gasteiger partial charge on any atom is -0.365 e. The Labute approximate surface area is 109 Å². The van der Waals surface area contributed by atoms with Gasteiger partial charge in [-0.25, -0.2) is 9.97 Å². The summed E-state index contributed by atoms with van der Waals surface area (Å²) >= 11 is 5.11. The molecular weight excluding hydrogens is 302 g/mol. The van der Waals surface area contributed by atoms with E-state index in [2.05, 4.69) is 52.9 Å². The fourth-order valence-corrected chi connectivity index (χ4v) is 2.74. The lowest BCUT2D eigenvalue weighted by Crippen LogP contribution is -2.01. The number of nitrogens with zero attached hydrogens (tertiary/aromatic N) is 3. The highest BCUT2D eigenvalue weighted by Crippen LogP contribution is 2.22. The van der Waals surface area contributed by atoms with Gasteiger partial charge in [-0.15, -0.1) is 11.3 Å². The highest BCUT2D eigenvalue weighted by Gasteiger charge is 2.05. The predicted octanol–water partition coefficient (Wildman–Crippen LogP) is 2.79. The molecule has 0 aliphatic rings. The minimum atomic E-state index is 0.736. The second-order valence-corrected chi connectivity index (χ2v) is 5.76. The van der Waals surface area contributed by atoms with E-state index in [4.69, 9.17) is 0 Å². The Hall–Kier alpha value is -1.47. The van der Waals surface area contributed by atoms with Gasteiger partial charge in [-0.3, -0.25) is 5.10 Å². The smallest absolute Gasteiger partial charge is 0.160 e. The van der Waals surface area contributed by atoms with Crippen molar-refractivity contribution in [3.05, 3.63) is 33.3 Å². The van der Waals surface area contributed by atoms with Crippen LogP contribution < -0.4 is 5.32 Å². The Morgan fingerprint density at radius 2 is 2.35 bits per heavy atom. The Kier molecular flexibility index (Phi) is 2.77. The van der Waals surface area contributed by atoms with E-state index in [0.717, 1.165) is 27.2 Å². The van der Waals surface area contributed by atoms with E-state index >= 15 is 0 Å². The molecule has 3 heterocycles. The second kappa shape index (κ2) is 4.42. The number of rotatable bonds is 3. The molecule has 0 spiro atoms. The number of hydrogen-bond donors (Lipinski definition) is 2. The normalized spacial score (nSPS) is 10.9. The number of fused-ring (bicyclic) bond motifs is 1. The van der Waals surface area contributed by atoms with Crippen LogP contribution in [-0.4, -0.2) is 20.2 Å². The van der Waals surface area contributed by atoms with E-state index in [1.165, 1.54) is 11.9 Å². The number of anilines is 1. The highest BCUT2D eigenvalue weighted by atomic mass is 79.9. The molecule has 2 N–H and O–H groups in total. The van der Waals surface area contributed by atoms with Gasteiger partial charge in [0.1, 0.15) is 12.1 Å². The summed E-state index contributed by atoms with van der Waals surface area (Å²) in [5.74, 6) is 0.797. The van der Waals surface area contributed by atoms with E-state index in [-0.39, 0.29) is 0 Å². The van der Waals surface area contributed by atoms with Gasteiger partial charge < -0.3 is 5.32 Å².